The van der Waals surface area contributed by atoms with Crippen LogP contribution in [0.15, 0.2) is 0 Å². The molecule has 0 spiro atoms. The summed E-state index contributed by atoms with van der Waals surface area (Å²) in [7, 11) is 0. The van der Waals surface area contributed by atoms with Crippen LogP contribution in [0.3, 0.4) is 0 Å². The zero-order valence-electron chi connectivity index (χ0n) is 5.31. The molecule has 0 aliphatic rings. The minimum Gasteiger partial charge on any atom is -0.784 e. The Balaban J connectivity index is -0.0000000450. The van der Waals surface area contributed by atoms with Crippen LogP contribution < -0.4 is 0 Å². The first-order valence-electron chi connectivity index (χ1n) is 1.50. The van der Waals surface area contributed by atoms with Crippen LogP contribution in [-0.2, 0) is 55.1 Å². The maximum Gasteiger partial charge on any atom is 0 e. The molecule has 84 valence electrons. The van der Waals surface area contributed by atoms with Crippen molar-refractivity contribution in [2.45, 2.75) is 0 Å². The summed E-state index contributed by atoms with van der Waals surface area (Å²) in [5.74, 6) is 0. The van der Waals surface area contributed by atoms with Gasteiger partial charge in [-0.2, -0.15) is 0 Å². The minimum atomic E-state index is -3.11. The summed E-state index contributed by atoms with van der Waals surface area (Å²) in [4.78, 5) is 0. The molecule has 13 heavy (non-hydrogen) atoms. The van der Waals surface area contributed by atoms with Crippen LogP contribution in [0.4, 0.5) is 0 Å². The van der Waals surface area contributed by atoms with Crippen molar-refractivity contribution in [1.82, 2.24) is 0 Å². The first-order valence-corrected chi connectivity index (χ1v) is 4.50. The molecule has 0 saturated heterocycles. The van der Waals surface area contributed by atoms with Gasteiger partial charge in [-0.1, -0.05) is 0 Å². The average Bonchev–Trinajstić information content (AvgIpc) is 1.54. The molecule has 9 nitrogen and oxygen atoms in total. The topological polar surface area (TPSA) is 190 Å². The van der Waals surface area contributed by atoms with Gasteiger partial charge in [0.2, 0.25) is 0 Å². The smallest absolute Gasteiger partial charge is 0 e. The summed E-state index contributed by atoms with van der Waals surface area (Å²) in [5, 5.41) is 0. The van der Waals surface area contributed by atoms with Gasteiger partial charge in [0.25, 0.3) is 0 Å². The normalized spacial score (nSPS) is 8.08. The Kier molecular flexibility index (Phi) is 33.8. The molecule has 0 aliphatic carbocycles. The molecular formula is MoO9S3-6. The van der Waals surface area contributed by atoms with E-state index in [0.717, 1.165) is 0 Å². The largest absolute Gasteiger partial charge is 0.784 e. The quantitative estimate of drug-likeness (QED) is 0.327. The summed E-state index contributed by atoms with van der Waals surface area (Å²) in [6.07, 6.45) is 0. The van der Waals surface area contributed by atoms with Gasteiger partial charge in [0.15, 0.2) is 0 Å². The van der Waals surface area contributed by atoms with E-state index < -0.39 is 34.1 Å². The fourth-order valence-corrected chi connectivity index (χ4v) is 0. The number of hydrogen-bond acceptors (Lipinski definition) is 9. The Morgan fingerprint density at radius 2 is 0.538 bits per heavy atom. The standard InChI is InChI=1S/Mo.3H2O3S/c;3*1-4(2)3/h;3*(H2,1,2,3)/p-6. The molecule has 0 saturated carbocycles. The fraction of sp³-hybridized carbons (Fsp3) is 0. The molecule has 0 aromatic rings. The molecule has 0 amide bonds. The average molecular weight is 336 g/mol. The van der Waals surface area contributed by atoms with Crippen LogP contribution in [0.25, 0.3) is 0 Å². The Bertz CT molecular complexity index is 112. The Labute approximate surface area is 94.9 Å². The van der Waals surface area contributed by atoms with Crippen molar-refractivity contribution in [2.24, 2.45) is 0 Å². The summed E-state index contributed by atoms with van der Waals surface area (Å²) >= 11 is -9.33. The third-order valence-corrected chi connectivity index (χ3v) is 0. The van der Waals surface area contributed by atoms with Crippen molar-refractivity contribution < 1.29 is 61.0 Å². The molecule has 0 fully saturated rings. The second kappa shape index (κ2) is 18.6. The van der Waals surface area contributed by atoms with Crippen LogP contribution >= 0.6 is 0 Å². The van der Waals surface area contributed by atoms with Gasteiger partial charge >= 0.3 is 0 Å². The first kappa shape index (κ1) is 23.6. The predicted molar refractivity (Wildman–Crippen MR) is 29.1 cm³/mol. The Hall–Kier alpha value is 0.898. The summed E-state index contributed by atoms with van der Waals surface area (Å²) in [6, 6.07) is 0. The van der Waals surface area contributed by atoms with E-state index in [9.17, 15) is 0 Å². The van der Waals surface area contributed by atoms with Gasteiger partial charge in [-0.15, -0.1) is 34.1 Å². The van der Waals surface area contributed by atoms with E-state index >= 15 is 0 Å². The second-order valence-corrected chi connectivity index (χ2v) is 1.84. The van der Waals surface area contributed by atoms with Crippen molar-refractivity contribution in [1.29, 1.82) is 0 Å². The Morgan fingerprint density at radius 1 is 0.538 bits per heavy atom. The molecule has 0 N–H and O–H groups in total. The van der Waals surface area contributed by atoms with E-state index in [2.05, 4.69) is 0 Å². The zero-order chi connectivity index (χ0) is 10.7. The molecule has 0 unspecified atom stereocenters. The molecule has 0 radical (unpaired) electrons. The van der Waals surface area contributed by atoms with Crippen molar-refractivity contribution >= 4 is 34.1 Å². The molecule has 0 aromatic heterocycles. The SMILES string of the molecule is O=S([O-])[O-].O=S([O-])[O-].O=S([O-])[O-].[Mo]. The van der Waals surface area contributed by atoms with Gasteiger partial charge in [-0.25, -0.2) is 0 Å². The third kappa shape index (κ3) is 1900. The van der Waals surface area contributed by atoms with E-state index in [1.165, 1.54) is 0 Å². The Morgan fingerprint density at radius 3 is 0.538 bits per heavy atom. The van der Waals surface area contributed by atoms with Crippen LogP contribution in [0.5, 0.6) is 0 Å². The van der Waals surface area contributed by atoms with E-state index in [-0.39, 0.29) is 21.1 Å². The van der Waals surface area contributed by atoms with Crippen LogP contribution in [0.1, 0.15) is 0 Å². The molecule has 0 heterocycles. The van der Waals surface area contributed by atoms with Gasteiger partial charge in [0, 0.05) is 21.1 Å². The molecule has 13 heteroatoms. The molecule has 0 aromatic carbocycles. The van der Waals surface area contributed by atoms with Gasteiger partial charge in [-0.05, 0) is 0 Å². The van der Waals surface area contributed by atoms with Gasteiger partial charge in [-0.3, -0.25) is 12.6 Å². The fourth-order valence-electron chi connectivity index (χ4n) is 0. The van der Waals surface area contributed by atoms with Crippen LogP contribution in [-0.4, -0.2) is 39.9 Å². The van der Waals surface area contributed by atoms with Crippen molar-refractivity contribution in [3.05, 3.63) is 0 Å². The van der Waals surface area contributed by atoms with E-state index in [0.29, 0.717) is 0 Å². The van der Waals surface area contributed by atoms with Gasteiger partial charge < -0.3 is 27.3 Å². The number of hydrogen-bond donors (Lipinski definition) is 0. The first-order chi connectivity index (χ1) is 5.20. The maximum atomic E-state index is 8.44. The van der Waals surface area contributed by atoms with Crippen molar-refractivity contribution in [3.8, 4) is 0 Å². The minimum absolute atomic E-state index is 0. The van der Waals surface area contributed by atoms with Gasteiger partial charge in [0.05, 0.1) is 0 Å². The maximum absolute atomic E-state index is 8.44. The third-order valence-electron chi connectivity index (χ3n) is 0. The van der Waals surface area contributed by atoms with Crippen LogP contribution in [0, 0.1) is 0 Å². The molecule has 0 atom stereocenters. The zero-order valence-corrected chi connectivity index (χ0v) is 9.76. The van der Waals surface area contributed by atoms with E-state index in [1.807, 2.05) is 0 Å². The molecule has 0 aliphatic heterocycles. The van der Waals surface area contributed by atoms with Crippen molar-refractivity contribution in [2.75, 3.05) is 0 Å². The summed E-state index contributed by atoms with van der Waals surface area (Å²) in [5.41, 5.74) is 0. The molecule has 0 bridgehead atoms. The number of rotatable bonds is 0. The van der Waals surface area contributed by atoms with Crippen molar-refractivity contribution in [3.63, 3.8) is 0 Å². The monoisotopic (exact) mass is 338 g/mol. The molecular weight excluding hydrogens is 336 g/mol. The predicted octanol–water partition coefficient (Wildman–Crippen LogP) is -3.01. The summed E-state index contributed by atoms with van der Waals surface area (Å²) in [6.45, 7) is 0. The van der Waals surface area contributed by atoms with Gasteiger partial charge in [0.1, 0.15) is 0 Å². The van der Waals surface area contributed by atoms with E-state index in [1.54, 1.807) is 0 Å². The van der Waals surface area contributed by atoms with E-state index in [4.69, 9.17) is 39.9 Å². The molecule has 0 rings (SSSR count). The second-order valence-electron chi connectivity index (χ2n) is 0.612. The van der Waals surface area contributed by atoms with Crippen LogP contribution in [0.2, 0.25) is 0 Å². The summed E-state index contributed by atoms with van der Waals surface area (Å²) < 4.78 is 76.0.